The summed E-state index contributed by atoms with van der Waals surface area (Å²) in [7, 11) is 2.16. The van der Waals surface area contributed by atoms with Gasteiger partial charge in [0.2, 0.25) is 0 Å². The van der Waals surface area contributed by atoms with Crippen molar-refractivity contribution in [1.82, 2.24) is 14.8 Å². The van der Waals surface area contributed by atoms with Crippen molar-refractivity contribution in [2.24, 2.45) is 0 Å². The maximum absolute atomic E-state index is 11.8. The Morgan fingerprint density at radius 1 is 1.09 bits per heavy atom. The molecular formula is C26H38N4O2. The van der Waals surface area contributed by atoms with Crippen LogP contribution >= 0.6 is 0 Å². The van der Waals surface area contributed by atoms with Gasteiger partial charge in [0.1, 0.15) is 11.6 Å². The van der Waals surface area contributed by atoms with E-state index >= 15 is 0 Å². The van der Waals surface area contributed by atoms with Crippen molar-refractivity contribution in [2.45, 2.75) is 59.4 Å². The number of esters is 1. The van der Waals surface area contributed by atoms with E-state index in [1.165, 1.54) is 25.3 Å². The monoisotopic (exact) mass is 438 g/mol. The molecule has 2 aromatic rings. The van der Waals surface area contributed by atoms with Crippen LogP contribution in [-0.2, 0) is 24.2 Å². The first kappa shape index (κ1) is 24.2. The zero-order valence-corrected chi connectivity index (χ0v) is 20.1. The molecule has 174 valence electrons. The third kappa shape index (κ3) is 6.78. The minimum absolute atomic E-state index is 0.296. The summed E-state index contributed by atoms with van der Waals surface area (Å²) in [6.07, 6.45) is 5.09. The van der Waals surface area contributed by atoms with Crippen molar-refractivity contribution in [3.8, 4) is 5.75 Å². The minimum atomic E-state index is -0.296. The molecule has 0 radical (unpaired) electrons. The molecule has 1 aromatic heterocycles. The summed E-state index contributed by atoms with van der Waals surface area (Å²) in [5.74, 6) is 0.980. The number of anilines is 1. The summed E-state index contributed by atoms with van der Waals surface area (Å²) in [5, 5.41) is 0. The summed E-state index contributed by atoms with van der Waals surface area (Å²) >= 11 is 0. The van der Waals surface area contributed by atoms with E-state index in [1.54, 1.807) is 0 Å². The predicted octanol–water partition coefficient (Wildman–Crippen LogP) is 3.97. The van der Waals surface area contributed by atoms with Gasteiger partial charge in [-0.1, -0.05) is 38.0 Å². The highest BCUT2D eigenvalue weighted by Gasteiger charge is 2.16. The summed E-state index contributed by atoms with van der Waals surface area (Å²) in [6.45, 7) is 10.8. The number of piperazine rings is 1. The number of aryl methyl sites for hydroxylation is 2. The van der Waals surface area contributed by atoms with Crippen molar-refractivity contribution in [2.75, 3.05) is 39.0 Å². The van der Waals surface area contributed by atoms with Crippen LogP contribution in [0.4, 0.5) is 5.82 Å². The smallest absolute Gasteiger partial charge is 0.308 e. The van der Waals surface area contributed by atoms with Crippen molar-refractivity contribution >= 4 is 11.8 Å². The number of ether oxygens (including phenoxy) is 1. The number of carbonyl (C=O) groups excluding carboxylic acids is 1. The number of nitrogen functional groups attached to an aromatic ring is 1. The summed E-state index contributed by atoms with van der Waals surface area (Å²) in [4.78, 5) is 21.2. The van der Waals surface area contributed by atoms with E-state index < -0.39 is 0 Å². The van der Waals surface area contributed by atoms with Gasteiger partial charge in [0.05, 0.1) is 0 Å². The Morgan fingerprint density at radius 3 is 2.53 bits per heavy atom. The summed E-state index contributed by atoms with van der Waals surface area (Å²) in [6, 6.07) is 8.46. The Balaban J connectivity index is 1.80. The molecule has 1 aliphatic rings. The van der Waals surface area contributed by atoms with Crippen LogP contribution in [0.3, 0.4) is 0 Å². The number of nitrogens with two attached hydrogens (primary N) is 1. The summed E-state index contributed by atoms with van der Waals surface area (Å²) < 4.78 is 5.63. The van der Waals surface area contributed by atoms with E-state index in [0.29, 0.717) is 18.0 Å². The topological polar surface area (TPSA) is 71.7 Å². The molecule has 2 heterocycles. The third-order valence-corrected chi connectivity index (χ3v) is 6.25. The Hall–Kier alpha value is -2.44. The third-order valence-electron chi connectivity index (χ3n) is 6.25. The van der Waals surface area contributed by atoms with Gasteiger partial charge in [0, 0.05) is 51.8 Å². The van der Waals surface area contributed by atoms with Gasteiger partial charge in [0.25, 0.3) is 0 Å². The molecule has 0 aliphatic carbocycles. The Morgan fingerprint density at radius 2 is 1.84 bits per heavy atom. The molecule has 3 rings (SSSR count). The van der Waals surface area contributed by atoms with E-state index in [4.69, 9.17) is 10.5 Å². The first-order valence-corrected chi connectivity index (χ1v) is 11.8. The van der Waals surface area contributed by atoms with Gasteiger partial charge < -0.3 is 15.4 Å². The fourth-order valence-corrected chi connectivity index (χ4v) is 4.22. The molecular weight excluding hydrogens is 400 g/mol. The van der Waals surface area contributed by atoms with E-state index in [9.17, 15) is 4.79 Å². The van der Waals surface area contributed by atoms with Gasteiger partial charge in [0.15, 0.2) is 0 Å². The maximum Gasteiger partial charge on any atom is 0.308 e. The zero-order valence-electron chi connectivity index (χ0n) is 20.1. The molecule has 1 aromatic carbocycles. The molecule has 0 atom stereocenters. The number of likely N-dealkylation sites (N-methyl/N-ethyl adjacent to an activating group) is 1. The highest BCUT2D eigenvalue weighted by Crippen LogP contribution is 2.27. The van der Waals surface area contributed by atoms with E-state index in [2.05, 4.69) is 47.0 Å². The first-order chi connectivity index (χ1) is 15.4. The number of hydrogen-bond acceptors (Lipinski definition) is 6. The molecule has 0 spiro atoms. The van der Waals surface area contributed by atoms with E-state index in [1.807, 2.05) is 13.0 Å². The molecule has 0 unspecified atom stereocenters. The molecule has 1 saturated heterocycles. The minimum Gasteiger partial charge on any atom is -0.426 e. The second kappa shape index (κ2) is 11.4. The van der Waals surface area contributed by atoms with Crippen molar-refractivity contribution < 1.29 is 9.53 Å². The van der Waals surface area contributed by atoms with Crippen LogP contribution in [-0.4, -0.2) is 54.0 Å². The number of pyridine rings is 1. The van der Waals surface area contributed by atoms with Crippen LogP contribution in [0.15, 0.2) is 24.3 Å². The van der Waals surface area contributed by atoms with Gasteiger partial charge >= 0.3 is 5.97 Å². The second-order valence-electron chi connectivity index (χ2n) is 9.03. The SMILES string of the molecule is CCCCCc1cc(Cc2ccc(CN3CCN(C)CC3)cc2OC(C)=O)c(C)nc1N. The lowest BCUT2D eigenvalue weighted by Gasteiger charge is -2.32. The quantitative estimate of drug-likeness (QED) is 0.363. The van der Waals surface area contributed by atoms with Crippen LogP contribution in [0, 0.1) is 6.92 Å². The molecule has 2 N–H and O–H groups in total. The Bertz CT molecular complexity index is 920. The number of nitrogens with zero attached hydrogens (tertiary/aromatic N) is 3. The highest BCUT2D eigenvalue weighted by molar-refractivity contribution is 5.70. The number of aromatic nitrogens is 1. The molecule has 0 saturated carbocycles. The van der Waals surface area contributed by atoms with Gasteiger partial charge in [-0.05, 0) is 55.1 Å². The molecule has 32 heavy (non-hydrogen) atoms. The van der Waals surface area contributed by atoms with Crippen molar-refractivity contribution in [1.29, 1.82) is 0 Å². The molecule has 6 nitrogen and oxygen atoms in total. The van der Waals surface area contributed by atoms with Gasteiger partial charge in [-0.25, -0.2) is 4.98 Å². The number of unbranched alkanes of at least 4 members (excludes halogenated alkanes) is 2. The van der Waals surface area contributed by atoms with Crippen molar-refractivity contribution in [3.05, 3.63) is 52.2 Å². The Labute approximate surface area is 192 Å². The largest absolute Gasteiger partial charge is 0.426 e. The van der Waals surface area contributed by atoms with Gasteiger partial charge in [-0.3, -0.25) is 9.69 Å². The number of rotatable bonds is 9. The lowest BCUT2D eigenvalue weighted by atomic mass is 9.98. The first-order valence-electron chi connectivity index (χ1n) is 11.8. The number of carbonyl (C=O) groups is 1. The fraction of sp³-hybridized carbons (Fsp3) is 0.538. The summed E-state index contributed by atoms with van der Waals surface area (Å²) in [5.41, 5.74) is 11.5. The molecule has 0 bridgehead atoms. The van der Waals surface area contributed by atoms with Crippen LogP contribution in [0.5, 0.6) is 5.75 Å². The fourth-order valence-electron chi connectivity index (χ4n) is 4.22. The van der Waals surface area contributed by atoms with E-state index in [0.717, 1.165) is 67.9 Å². The lowest BCUT2D eigenvalue weighted by Crippen LogP contribution is -2.43. The number of benzene rings is 1. The molecule has 6 heteroatoms. The van der Waals surface area contributed by atoms with Crippen LogP contribution in [0.2, 0.25) is 0 Å². The van der Waals surface area contributed by atoms with Crippen LogP contribution < -0.4 is 10.5 Å². The average molecular weight is 439 g/mol. The Kier molecular flexibility index (Phi) is 8.65. The molecule has 0 amide bonds. The zero-order chi connectivity index (χ0) is 23.1. The highest BCUT2D eigenvalue weighted by atomic mass is 16.5. The standard InChI is InChI=1S/C26H38N4O2/c1-5-6-7-8-23-17-24(19(2)28-26(23)27)16-22-10-9-21(15-25(22)32-20(3)31)18-30-13-11-29(4)12-14-30/h9-10,15,17H,5-8,11-14,16,18H2,1-4H3,(H2,27,28). The van der Waals surface area contributed by atoms with Gasteiger partial charge in [-0.15, -0.1) is 0 Å². The average Bonchev–Trinajstić information content (AvgIpc) is 2.74. The van der Waals surface area contributed by atoms with Crippen molar-refractivity contribution in [3.63, 3.8) is 0 Å². The number of hydrogen-bond donors (Lipinski definition) is 1. The predicted molar refractivity (Wildman–Crippen MR) is 130 cm³/mol. The van der Waals surface area contributed by atoms with Crippen LogP contribution in [0.25, 0.3) is 0 Å². The maximum atomic E-state index is 11.8. The molecule has 1 aliphatic heterocycles. The van der Waals surface area contributed by atoms with Crippen LogP contribution in [0.1, 0.15) is 61.1 Å². The molecule has 1 fully saturated rings. The normalized spacial score (nSPS) is 15.1. The van der Waals surface area contributed by atoms with E-state index in [-0.39, 0.29) is 5.97 Å². The lowest BCUT2D eigenvalue weighted by molar-refractivity contribution is -0.131. The van der Waals surface area contributed by atoms with Gasteiger partial charge in [-0.2, -0.15) is 0 Å². The second-order valence-corrected chi connectivity index (χ2v) is 9.03.